The van der Waals surface area contributed by atoms with E-state index in [9.17, 15) is 0 Å². The van der Waals surface area contributed by atoms with Crippen LogP contribution in [-0.4, -0.2) is 18.5 Å². The van der Waals surface area contributed by atoms with E-state index in [1.54, 1.807) is 0 Å². The summed E-state index contributed by atoms with van der Waals surface area (Å²) in [4.78, 5) is 0. The summed E-state index contributed by atoms with van der Waals surface area (Å²) in [7, 11) is 0. The fourth-order valence-electron chi connectivity index (χ4n) is 0.769. The van der Waals surface area contributed by atoms with E-state index < -0.39 is 5.79 Å². The van der Waals surface area contributed by atoms with Crippen molar-refractivity contribution in [3.8, 4) is 12.3 Å². The first-order valence-corrected chi connectivity index (χ1v) is 2.92. The molecule has 1 fully saturated rings. The minimum atomic E-state index is -0.475. The Hall–Kier alpha value is -0.520. The van der Waals surface area contributed by atoms with Crippen LogP contribution < -0.4 is 0 Å². The van der Waals surface area contributed by atoms with Gasteiger partial charge in [0.25, 0.3) is 0 Å². The van der Waals surface area contributed by atoms with Gasteiger partial charge in [-0.1, -0.05) is 5.92 Å². The largest absolute Gasteiger partial charge is 0.347 e. The van der Waals surface area contributed by atoms with Gasteiger partial charge in [-0.25, -0.2) is 0 Å². The molecule has 1 unspecified atom stereocenters. The van der Waals surface area contributed by atoms with Crippen LogP contribution >= 0.6 is 0 Å². The van der Waals surface area contributed by atoms with Gasteiger partial charge in [-0.2, -0.15) is 0 Å². The second kappa shape index (κ2) is 2.02. The maximum absolute atomic E-state index is 5.24. The molecular weight excluding hydrogens is 116 g/mol. The molecule has 1 saturated heterocycles. The van der Waals surface area contributed by atoms with Gasteiger partial charge in [0.1, 0.15) is 6.10 Å². The summed E-state index contributed by atoms with van der Waals surface area (Å²) < 4.78 is 10.4. The molecule has 2 heteroatoms. The molecular formula is C7H10O2. The summed E-state index contributed by atoms with van der Waals surface area (Å²) in [6.45, 7) is 4.22. The standard InChI is InChI=1S/C7H10O2/c1-4-6-5-8-7(2,3)9-6/h1,6H,5H2,2-3H3. The second-order valence-corrected chi connectivity index (χ2v) is 2.48. The molecule has 0 bridgehead atoms. The van der Waals surface area contributed by atoms with E-state index in [1.807, 2.05) is 13.8 Å². The van der Waals surface area contributed by atoms with Gasteiger partial charge in [0.15, 0.2) is 5.79 Å². The van der Waals surface area contributed by atoms with Crippen molar-refractivity contribution in [2.24, 2.45) is 0 Å². The molecule has 0 aromatic carbocycles. The molecule has 0 saturated carbocycles. The molecule has 0 spiro atoms. The summed E-state index contributed by atoms with van der Waals surface area (Å²) in [5, 5.41) is 0. The molecule has 0 amide bonds. The van der Waals surface area contributed by atoms with Gasteiger partial charge >= 0.3 is 0 Å². The molecule has 0 N–H and O–H groups in total. The Balaban J connectivity index is 2.50. The Morgan fingerprint density at radius 3 is 2.56 bits per heavy atom. The molecule has 2 nitrogen and oxygen atoms in total. The van der Waals surface area contributed by atoms with Gasteiger partial charge in [-0.15, -0.1) is 6.42 Å². The topological polar surface area (TPSA) is 18.5 Å². The van der Waals surface area contributed by atoms with Crippen LogP contribution in [0.15, 0.2) is 0 Å². The summed E-state index contributed by atoms with van der Waals surface area (Å²) in [6.07, 6.45) is 4.95. The predicted octanol–water partition coefficient (Wildman–Crippen LogP) is 0.771. The van der Waals surface area contributed by atoms with E-state index in [1.165, 1.54) is 0 Å². The van der Waals surface area contributed by atoms with Gasteiger partial charge in [0.2, 0.25) is 0 Å². The van der Waals surface area contributed by atoms with Crippen molar-refractivity contribution >= 4 is 0 Å². The van der Waals surface area contributed by atoms with Crippen LogP contribution in [0.5, 0.6) is 0 Å². The SMILES string of the molecule is C#CC1COC(C)(C)O1. The Morgan fingerprint density at radius 1 is 1.67 bits per heavy atom. The Kier molecular flexibility index (Phi) is 1.48. The quantitative estimate of drug-likeness (QED) is 0.446. The lowest BCUT2D eigenvalue weighted by Gasteiger charge is -2.14. The molecule has 0 aromatic heterocycles. The van der Waals surface area contributed by atoms with Crippen molar-refractivity contribution in [1.82, 2.24) is 0 Å². The van der Waals surface area contributed by atoms with Crippen LogP contribution in [-0.2, 0) is 9.47 Å². The predicted molar refractivity (Wildman–Crippen MR) is 33.7 cm³/mol. The van der Waals surface area contributed by atoms with Crippen molar-refractivity contribution in [2.75, 3.05) is 6.61 Å². The highest BCUT2D eigenvalue weighted by molar-refractivity contribution is 4.97. The Labute approximate surface area is 55.1 Å². The minimum Gasteiger partial charge on any atom is -0.347 e. The van der Waals surface area contributed by atoms with Gasteiger partial charge in [-0.05, 0) is 13.8 Å². The summed E-state index contributed by atoms with van der Waals surface area (Å²) in [5.41, 5.74) is 0. The highest BCUT2D eigenvalue weighted by Crippen LogP contribution is 2.21. The lowest BCUT2D eigenvalue weighted by molar-refractivity contribution is -0.132. The summed E-state index contributed by atoms with van der Waals surface area (Å²) in [6, 6.07) is 0. The Morgan fingerprint density at radius 2 is 2.33 bits per heavy atom. The lowest BCUT2D eigenvalue weighted by atomic mass is 10.4. The van der Waals surface area contributed by atoms with E-state index in [0.717, 1.165) is 0 Å². The van der Waals surface area contributed by atoms with Gasteiger partial charge in [0.05, 0.1) is 6.61 Å². The van der Waals surface area contributed by atoms with Gasteiger partial charge < -0.3 is 9.47 Å². The molecule has 1 aliphatic rings. The van der Waals surface area contributed by atoms with Crippen LogP contribution in [0.2, 0.25) is 0 Å². The average molecular weight is 126 g/mol. The normalized spacial score (nSPS) is 31.9. The number of ether oxygens (including phenoxy) is 2. The number of hydrogen-bond donors (Lipinski definition) is 0. The third-order valence-electron chi connectivity index (χ3n) is 1.19. The number of terminal acetylenes is 1. The first-order chi connectivity index (χ1) is 4.14. The molecule has 0 aromatic rings. The van der Waals surface area contributed by atoms with Crippen molar-refractivity contribution in [3.63, 3.8) is 0 Å². The van der Waals surface area contributed by atoms with Crippen molar-refractivity contribution < 1.29 is 9.47 Å². The highest BCUT2D eigenvalue weighted by atomic mass is 16.7. The van der Waals surface area contributed by atoms with Crippen molar-refractivity contribution in [1.29, 1.82) is 0 Å². The molecule has 1 rings (SSSR count). The van der Waals surface area contributed by atoms with Gasteiger partial charge in [-0.3, -0.25) is 0 Å². The maximum atomic E-state index is 5.24. The molecule has 1 heterocycles. The molecule has 1 atom stereocenters. The fraction of sp³-hybridized carbons (Fsp3) is 0.714. The molecule has 0 radical (unpaired) electrons. The maximum Gasteiger partial charge on any atom is 0.164 e. The van der Waals surface area contributed by atoms with E-state index in [4.69, 9.17) is 15.9 Å². The van der Waals surface area contributed by atoms with E-state index in [2.05, 4.69) is 5.92 Å². The molecule has 1 aliphatic heterocycles. The summed E-state index contributed by atoms with van der Waals surface area (Å²) in [5.74, 6) is 2.00. The monoisotopic (exact) mass is 126 g/mol. The van der Waals surface area contributed by atoms with Crippen LogP contribution in [0.1, 0.15) is 13.8 Å². The van der Waals surface area contributed by atoms with E-state index in [0.29, 0.717) is 6.61 Å². The fourth-order valence-corrected chi connectivity index (χ4v) is 0.769. The number of rotatable bonds is 0. The first kappa shape index (κ1) is 6.60. The molecule has 50 valence electrons. The van der Waals surface area contributed by atoms with Gasteiger partial charge in [0, 0.05) is 0 Å². The third-order valence-corrected chi connectivity index (χ3v) is 1.19. The van der Waals surface area contributed by atoms with Crippen molar-refractivity contribution in [3.05, 3.63) is 0 Å². The third kappa shape index (κ3) is 1.44. The molecule has 9 heavy (non-hydrogen) atoms. The highest BCUT2D eigenvalue weighted by Gasteiger charge is 2.31. The van der Waals surface area contributed by atoms with E-state index >= 15 is 0 Å². The lowest BCUT2D eigenvalue weighted by Crippen LogP contribution is -2.20. The zero-order chi connectivity index (χ0) is 6.91. The zero-order valence-electron chi connectivity index (χ0n) is 5.68. The second-order valence-electron chi connectivity index (χ2n) is 2.48. The summed E-state index contributed by atoms with van der Waals surface area (Å²) >= 11 is 0. The minimum absolute atomic E-state index is 0.153. The van der Waals surface area contributed by atoms with Crippen molar-refractivity contribution in [2.45, 2.75) is 25.7 Å². The molecule has 0 aliphatic carbocycles. The van der Waals surface area contributed by atoms with Crippen LogP contribution in [0, 0.1) is 12.3 Å². The average Bonchev–Trinajstić information content (AvgIpc) is 2.10. The van der Waals surface area contributed by atoms with Crippen LogP contribution in [0.3, 0.4) is 0 Å². The Bertz CT molecular complexity index is 143. The zero-order valence-corrected chi connectivity index (χ0v) is 5.68. The number of hydrogen-bond acceptors (Lipinski definition) is 2. The smallest absolute Gasteiger partial charge is 0.164 e. The van der Waals surface area contributed by atoms with Crippen LogP contribution in [0.4, 0.5) is 0 Å². The van der Waals surface area contributed by atoms with Crippen LogP contribution in [0.25, 0.3) is 0 Å². The van der Waals surface area contributed by atoms with E-state index in [-0.39, 0.29) is 6.10 Å². The first-order valence-electron chi connectivity index (χ1n) is 2.92.